The van der Waals surface area contributed by atoms with Gasteiger partial charge in [0.2, 0.25) is 0 Å². The maximum Gasteiger partial charge on any atom is 0.0772 e. The maximum atomic E-state index is 9.60. The summed E-state index contributed by atoms with van der Waals surface area (Å²) >= 11 is 3.54. The van der Waals surface area contributed by atoms with Crippen molar-refractivity contribution in [2.45, 2.75) is 26.9 Å². The van der Waals surface area contributed by atoms with Crippen LogP contribution in [-0.2, 0) is 0 Å². The van der Waals surface area contributed by atoms with Gasteiger partial charge < -0.3 is 10.0 Å². The Kier molecular flexibility index (Phi) is 3.79. The van der Waals surface area contributed by atoms with Crippen LogP contribution >= 0.6 is 15.9 Å². The number of rotatable bonds is 2. The normalized spacial score (nSPS) is 26.3. The zero-order valence-corrected chi connectivity index (χ0v) is 12.2. The van der Waals surface area contributed by atoms with E-state index in [2.05, 4.69) is 46.8 Å². The predicted octanol–water partition coefficient (Wildman–Crippen LogP) is 3.59. The molecule has 1 heterocycles. The third-order valence-corrected chi connectivity index (χ3v) is 4.47. The number of hydrogen-bond donors (Lipinski definition) is 1. The molecule has 0 saturated carbocycles. The molecule has 1 aromatic carbocycles. The first-order valence-electron chi connectivity index (χ1n) is 6.21. The molecule has 17 heavy (non-hydrogen) atoms. The molecule has 0 spiro atoms. The van der Waals surface area contributed by atoms with E-state index in [9.17, 15) is 5.11 Å². The molecule has 3 heteroatoms. The van der Waals surface area contributed by atoms with Crippen molar-refractivity contribution in [3.63, 3.8) is 0 Å². The van der Waals surface area contributed by atoms with E-state index in [-0.39, 0.29) is 0 Å². The van der Waals surface area contributed by atoms with Gasteiger partial charge in [0.25, 0.3) is 0 Å². The molecule has 0 amide bonds. The summed E-state index contributed by atoms with van der Waals surface area (Å²) in [5.74, 6) is 1.51. The molecular formula is C14H20BrNO. The fraction of sp³-hybridized carbons (Fsp3) is 0.571. The third-order valence-electron chi connectivity index (χ3n) is 3.79. The van der Waals surface area contributed by atoms with Crippen molar-refractivity contribution in [3.8, 4) is 0 Å². The first-order valence-corrected chi connectivity index (χ1v) is 7.00. The fourth-order valence-corrected chi connectivity index (χ4v) is 3.09. The monoisotopic (exact) mass is 297 g/mol. The summed E-state index contributed by atoms with van der Waals surface area (Å²) in [5, 5.41) is 9.60. The van der Waals surface area contributed by atoms with Gasteiger partial charge >= 0.3 is 0 Å². The van der Waals surface area contributed by atoms with Gasteiger partial charge in [0.15, 0.2) is 0 Å². The quantitative estimate of drug-likeness (QED) is 0.902. The van der Waals surface area contributed by atoms with Crippen molar-refractivity contribution in [1.29, 1.82) is 0 Å². The number of aliphatic hydroxyl groups is 1. The lowest BCUT2D eigenvalue weighted by Gasteiger charge is -2.20. The molecule has 1 aliphatic heterocycles. The van der Waals surface area contributed by atoms with E-state index < -0.39 is 6.10 Å². The Morgan fingerprint density at radius 2 is 1.88 bits per heavy atom. The Labute approximate surface area is 112 Å². The van der Waals surface area contributed by atoms with E-state index in [0.717, 1.165) is 35.0 Å². The van der Waals surface area contributed by atoms with E-state index in [0.29, 0.717) is 0 Å². The third kappa shape index (κ3) is 2.66. The summed E-state index contributed by atoms with van der Waals surface area (Å²) in [5.41, 5.74) is 2.20. The van der Waals surface area contributed by atoms with Crippen LogP contribution in [0, 0.1) is 11.8 Å². The highest BCUT2D eigenvalue weighted by atomic mass is 79.9. The first kappa shape index (κ1) is 12.9. The molecule has 0 radical (unpaired) electrons. The van der Waals surface area contributed by atoms with E-state index in [1.165, 1.54) is 5.69 Å². The number of aliphatic hydroxyl groups excluding tert-OH is 1. The molecule has 0 bridgehead atoms. The van der Waals surface area contributed by atoms with Crippen LogP contribution in [0.25, 0.3) is 0 Å². The molecule has 1 saturated heterocycles. The molecule has 2 nitrogen and oxygen atoms in total. The second kappa shape index (κ2) is 4.99. The number of hydrogen-bond acceptors (Lipinski definition) is 2. The summed E-state index contributed by atoms with van der Waals surface area (Å²) < 4.78 is 0.997. The zero-order chi connectivity index (χ0) is 12.6. The molecule has 0 aromatic heterocycles. The highest BCUT2D eigenvalue weighted by Gasteiger charge is 2.26. The van der Waals surface area contributed by atoms with Gasteiger partial charge in [0.1, 0.15) is 0 Å². The van der Waals surface area contributed by atoms with Crippen LogP contribution in [0.15, 0.2) is 22.7 Å². The van der Waals surface area contributed by atoms with Crippen molar-refractivity contribution in [2.24, 2.45) is 11.8 Å². The lowest BCUT2D eigenvalue weighted by Crippen LogP contribution is -2.19. The van der Waals surface area contributed by atoms with E-state index in [1.54, 1.807) is 6.92 Å². The Bertz CT molecular complexity index is 395. The summed E-state index contributed by atoms with van der Waals surface area (Å²) in [7, 11) is 0. The van der Waals surface area contributed by atoms with Crippen LogP contribution in [0.1, 0.15) is 32.4 Å². The molecule has 1 N–H and O–H groups in total. The smallest absolute Gasteiger partial charge is 0.0772 e. The Morgan fingerprint density at radius 1 is 1.29 bits per heavy atom. The van der Waals surface area contributed by atoms with Crippen LogP contribution in [0.2, 0.25) is 0 Å². The highest BCUT2D eigenvalue weighted by Crippen LogP contribution is 2.32. The van der Waals surface area contributed by atoms with Gasteiger partial charge in [-0.15, -0.1) is 0 Å². The van der Waals surface area contributed by atoms with Crippen molar-refractivity contribution in [3.05, 3.63) is 28.2 Å². The number of benzene rings is 1. The minimum absolute atomic E-state index is 0.421. The summed E-state index contributed by atoms with van der Waals surface area (Å²) in [6.45, 7) is 8.66. The molecule has 3 atom stereocenters. The van der Waals surface area contributed by atoms with E-state index in [4.69, 9.17) is 0 Å². The second-order valence-electron chi connectivity index (χ2n) is 5.24. The molecule has 1 aliphatic rings. The van der Waals surface area contributed by atoms with Crippen LogP contribution in [-0.4, -0.2) is 18.2 Å². The summed E-state index contributed by atoms with van der Waals surface area (Å²) in [6, 6.07) is 6.24. The lowest BCUT2D eigenvalue weighted by molar-refractivity contribution is 0.198. The Morgan fingerprint density at radius 3 is 2.35 bits per heavy atom. The number of halogens is 1. The predicted molar refractivity (Wildman–Crippen MR) is 75.3 cm³/mol. The Hall–Kier alpha value is -0.540. The van der Waals surface area contributed by atoms with Crippen molar-refractivity contribution < 1.29 is 5.11 Å². The van der Waals surface area contributed by atoms with Gasteiger partial charge in [0.05, 0.1) is 6.10 Å². The summed E-state index contributed by atoms with van der Waals surface area (Å²) in [6.07, 6.45) is -0.421. The molecule has 2 unspecified atom stereocenters. The topological polar surface area (TPSA) is 23.5 Å². The molecule has 94 valence electrons. The van der Waals surface area contributed by atoms with Crippen molar-refractivity contribution >= 4 is 21.6 Å². The molecular weight excluding hydrogens is 278 g/mol. The molecule has 0 aliphatic carbocycles. The van der Waals surface area contributed by atoms with E-state index >= 15 is 0 Å². The van der Waals surface area contributed by atoms with E-state index in [1.807, 2.05) is 6.07 Å². The molecule has 1 aromatic rings. The second-order valence-corrected chi connectivity index (χ2v) is 6.10. The van der Waals surface area contributed by atoms with Gasteiger partial charge in [0, 0.05) is 23.2 Å². The average Bonchev–Trinajstić information content (AvgIpc) is 2.58. The van der Waals surface area contributed by atoms with Crippen LogP contribution in [0.5, 0.6) is 0 Å². The van der Waals surface area contributed by atoms with Crippen molar-refractivity contribution in [2.75, 3.05) is 18.0 Å². The lowest BCUT2D eigenvalue weighted by atomic mass is 10.0. The van der Waals surface area contributed by atoms with Crippen LogP contribution in [0.4, 0.5) is 5.69 Å². The van der Waals surface area contributed by atoms with Crippen LogP contribution in [0.3, 0.4) is 0 Å². The van der Waals surface area contributed by atoms with Crippen LogP contribution < -0.4 is 4.90 Å². The fourth-order valence-electron chi connectivity index (χ4n) is 2.39. The molecule has 2 rings (SSSR count). The molecule has 1 fully saturated rings. The highest BCUT2D eigenvalue weighted by molar-refractivity contribution is 9.10. The summed E-state index contributed by atoms with van der Waals surface area (Å²) in [4.78, 5) is 2.42. The standard InChI is InChI=1S/C14H20BrNO/c1-9-7-16(8-10(9)2)12-4-5-13(11(3)17)14(15)6-12/h4-6,9-11,17H,7-8H2,1-3H3/t9?,10?,11-/m1/s1. The van der Waals surface area contributed by atoms with Gasteiger partial charge in [-0.3, -0.25) is 0 Å². The van der Waals surface area contributed by atoms with Gasteiger partial charge in [-0.25, -0.2) is 0 Å². The minimum atomic E-state index is -0.421. The SMILES string of the molecule is CC1CN(c2ccc([C@@H](C)O)c(Br)c2)CC1C. The maximum absolute atomic E-state index is 9.60. The van der Waals surface area contributed by atoms with Crippen molar-refractivity contribution in [1.82, 2.24) is 0 Å². The first-order chi connectivity index (χ1) is 7.99. The van der Waals surface area contributed by atoms with Gasteiger partial charge in [-0.1, -0.05) is 35.8 Å². The zero-order valence-electron chi connectivity index (χ0n) is 10.7. The average molecular weight is 298 g/mol. The Balaban J connectivity index is 2.21. The number of anilines is 1. The van der Waals surface area contributed by atoms with Gasteiger partial charge in [-0.05, 0) is 36.5 Å². The largest absolute Gasteiger partial charge is 0.389 e. The minimum Gasteiger partial charge on any atom is -0.389 e. The number of nitrogens with zero attached hydrogens (tertiary/aromatic N) is 1. The van der Waals surface area contributed by atoms with Gasteiger partial charge in [-0.2, -0.15) is 0 Å².